The number of carbonyl (C=O) groups is 1. The minimum absolute atomic E-state index is 0.226. The van der Waals surface area contributed by atoms with Crippen LogP contribution in [-0.2, 0) is 16.1 Å². The standard InChI is InChI=1S/C13H19NO3/c1-13(2,12(16)17-3)9-14-8-10-4-6-11(15)7-5-10/h4-7,14-15H,8-9H2,1-3H3. The van der Waals surface area contributed by atoms with Crippen LogP contribution in [0.25, 0.3) is 0 Å². The number of carbonyl (C=O) groups excluding carboxylic acids is 1. The minimum Gasteiger partial charge on any atom is -0.508 e. The summed E-state index contributed by atoms with van der Waals surface area (Å²) in [5.74, 6) is 0.0272. The highest BCUT2D eigenvalue weighted by atomic mass is 16.5. The minimum atomic E-state index is -0.536. The van der Waals surface area contributed by atoms with E-state index >= 15 is 0 Å². The molecule has 4 heteroatoms. The van der Waals surface area contributed by atoms with E-state index in [0.29, 0.717) is 13.1 Å². The first kappa shape index (κ1) is 13.5. The second-order valence-corrected chi connectivity index (χ2v) is 4.65. The van der Waals surface area contributed by atoms with Crippen LogP contribution in [0.3, 0.4) is 0 Å². The van der Waals surface area contributed by atoms with Crippen LogP contribution < -0.4 is 5.32 Å². The second-order valence-electron chi connectivity index (χ2n) is 4.65. The van der Waals surface area contributed by atoms with Crippen LogP contribution in [-0.4, -0.2) is 24.7 Å². The maximum absolute atomic E-state index is 11.4. The fourth-order valence-electron chi connectivity index (χ4n) is 1.48. The van der Waals surface area contributed by atoms with Crippen LogP contribution in [0.15, 0.2) is 24.3 Å². The Kier molecular flexibility index (Phi) is 4.52. The number of methoxy groups -OCH3 is 1. The number of hydrogen-bond donors (Lipinski definition) is 2. The second kappa shape index (κ2) is 5.68. The van der Waals surface area contributed by atoms with Crippen molar-refractivity contribution in [3.05, 3.63) is 29.8 Å². The van der Waals surface area contributed by atoms with Crippen molar-refractivity contribution in [1.82, 2.24) is 5.32 Å². The van der Waals surface area contributed by atoms with Gasteiger partial charge in [0.2, 0.25) is 0 Å². The van der Waals surface area contributed by atoms with Crippen LogP contribution in [0, 0.1) is 5.41 Å². The monoisotopic (exact) mass is 237 g/mol. The number of ether oxygens (including phenoxy) is 1. The van der Waals surface area contributed by atoms with Gasteiger partial charge in [0, 0.05) is 13.1 Å². The molecule has 0 amide bonds. The van der Waals surface area contributed by atoms with Gasteiger partial charge in [0.05, 0.1) is 12.5 Å². The molecule has 0 saturated carbocycles. The molecule has 0 aliphatic heterocycles. The Balaban J connectivity index is 2.42. The number of nitrogens with one attached hydrogen (secondary N) is 1. The number of rotatable bonds is 5. The van der Waals surface area contributed by atoms with Gasteiger partial charge in [-0.2, -0.15) is 0 Å². The Morgan fingerprint density at radius 3 is 2.47 bits per heavy atom. The zero-order chi connectivity index (χ0) is 12.9. The fourth-order valence-corrected chi connectivity index (χ4v) is 1.48. The first-order chi connectivity index (χ1) is 7.95. The van der Waals surface area contributed by atoms with E-state index in [2.05, 4.69) is 5.32 Å². The van der Waals surface area contributed by atoms with Gasteiger partial charge >= 0.3 is 5.97 Å². The van der Waals surface area contributed by atoms with E-state index < -0.39 is 5.41 Å². The number of phenolic OH excluding ortho intramolecular Hbond substituents is 1. The van der Waals surface area contributed by atoms with E-state index in [-0.39, 0.29) is 11.7 Å². The quantitative estimate of drug-likeness (QED) is 0.765. The molecule has 4 nitrogen and oxygen atoms in total. The number of aromatic hydroxyl groups is 1. The van der Waals surface area contributed by atoms with Gasteiger partial charge in [0.25, 0.3) is 0 Å². The summed E-state index contributed by atoms with van der Waals surface area (Å²) in [6.07, 6.45) is 0. The van der Waals surface area contributed by atoms with Gasteiger partial charge in [-0.1, -0.05) is 12.1 Å². The molecule has 0 aromatic heterocycles. The van der Waals surface area contributed by atoms with Crippen LogP contribution >= 0.6 is 0 Å². The van der Waals surface area contributed by atoms with Crippen LogP contribution in [0.1, 0.15) is 19.4 Å². The van der Waals surface area contributed by atoms with E-state index in [9.17, 15) is 4.79 Å². The van der Waals surface area contributed by atoms with Crippen molar-refractivity contribution < 1.29 is 14.6 Å². The van der Waals surface area contributed by atoms with Crippen molar-refractivity contribution in [2.24, 2.45) is 5.41 Å². The van der Waals surface area contributed by atoms with E-state index in [0.717, 1.165) is 5.56 Å². The zero-order valence-electron chi connectivity index (χ0n) is 10.5. The number of hydrogen-bond acceptors (Lipinski definition) is 4. The van der Waals surface area contributed by atoms with Gasteiger partial charge in [-0.3, -0.25) is 4.79 Å². The third-order valence-electron chi connectivity index (χ3n) is 2.57. The highest BCUT2D eigenvalue weighted by molar-refractivity contribution is 5.76. The molecule has 1 rings (SSSR count). The molecular weight excluding hydrogens is 218 g/mol. The number of phenols is 1. The topological polar surface area (TPSA) is 58.6 Å². The lowest BCUT2D eigenvalue weighted by Crippen LogP contribution is -2.36. The molecule has 1 aromatic carbocycles. The molecule has 0 saturated heterocycles. The summed E-state index contributed by atoms with van der Waals surface area (Å²) in [6.45, 7) is 4.87. The summed E-state index contributed by atoms with van der Waals surface area (Å²) in [6, 6.07) is 6.96. The molecule has 0 spiro atoms. The summed E-state index contributed by atoms with van der Waals surface area (Å²) in [4.78, 5) is 11.4. The molecule has 0 heterocycles. The van der Waals surface area contributed by atoms with Crippen LogP contribution in [0.4, 0.5) is 0 Å². The number of esters is 1. The van der Waals surface area contributed by atoms with Crippen LogP contribution in [0.2, 0.25) is 0 Å². The van der Waals surface area contributed by atoms with Crippen molar-refractivity contribution in [1.29, 1.82) is 0 Å². The van der Waals surface area contributed by atoms with Crippen molar-refractivity contribution in [3.8, 4) is 5.75 Å². The number of benzene rings is 1. The Labute approximate surface area is 102 Å². The van der Waals surface area contributed by atoms with E-state index in [1.807, 2.05) is 26.0 Å². The highest BCUT2D eigenvalue weighted by Gasteiger charge is 2.27. The summed E-state index contributed by atoms with van der Waals surface area (Å²) in [5, 5.41) is 12.3. The SMILES string of the molecule is COC(=O)C(C)(C)CNCc1ccc(O)cc1. The average molecular weight is 237 g/mol. The molecule has 0 aliphatic rings. The van der Waals surface area contributed by atoms with Crippen molar-refractivity contribution in [2.75, 3.05) is 13.7 Å². The summed E-state index contributed by atoms with van der Waals surface area (Å²) in [5.41, 5.74) is 0.523. The third kappa shape index (κ3) is 4.07. The van der Waals surface area contributed by atoms with E-state index in [1.165, 1.54) is 7.11 Å². The van der Waals surface area contributed by atoms with E-state index in [1.54, 1.807) is 12.1 Å². The lowest BCUT2D eigenvalue weighted by molar-refractivity contribution is -0.150. The van der Waals surface area contributed by atoms with Crippen molar-refractivity contribution in [3.63, 3.8) is 0 Å². The predicted molar refractivity (Wildman–Crippen MR) is 65.6 cm³/mol. The Morgan fingerprint density at radius 2 is 1.94 bits per heavy atom. The lowest BCUT2D eigenvalue weighted by atomic mass is 9.94. The molecule has 0 radical (unpaired) electrons. The molecule has 17 heavy (non-hydrogen) atoms. The van der Waals surface area contributed by atoms with Gasteiger partial charge in [-0.05, 0) is 31.5 Å². The van der Waals surface area contributed by atoms with Gasteiger partial charge in [-0.25, -0.2) is 0 Å². The summed E-state index contributed by atoms with van der Waals surface area (Å²) >= 11 is 0. The van der Waals surface area contributed by atoms with Gasteiger partial charge in [0.15, 0.2) is 0 Å². The van der Waals surface area contributed by atoms with Gasteiger partial charge in [0.1, 0.15) is 5.75 Å². The Morgan fingerprint density at radius 1 is 1.35 bits per heavy atom. The molecule has 1 aromatic rings. The van der Waals surface area contributed by atoms with Crippen LogP contribution in [0.5, 0.6) is 5.75 Å². The molecule has 0 atom stereocenters. The molecule has 94 valence electrons. The summed E-state index contributed by atoms with van der Waals surface area (Å²) < 4.78 is 4.72. The maximum Gasteiger partial charge on any atom is 0.312 e. The molecule has 0 aliphatic carbocycles. The first-order valence-corrected chi connectivity index (χ1v) is 5.53. The maximum atomic E-state index is 11.4. The fraction of sp³-hybridized carbons (Fsp3) is 0.462. The normalized spacial score (nSPS) is 11.2. The van der Waals surface area contributed by atoms with Gasteiger partial charge in [-0.15, -0.1) is 0 Å². The molecule has 0 bridgehead atoms. The summed E-state index contributed by atoms with van der Waals surface area (Å²) in [7, 11) is 1.39. The largest absolute Gasteiger partial charge is 0.508 e. The molecule has 0 unspecified atom stereocenters. The predicted octanol–water partition coefficient (Wildman–Crippen LogP) is 1.68. The van der Waals surface area contributed by atoms with Gasteiger partial charge < -0.3 is 15.2 Å². The highest BCUT2D eigenvalue weighted by Crippen LogP contribution is 2.16. The lowest BCUT2D eigenvalue weighted by Gasteiger charge is -2.21. The molecule has 0 fully saturated rings. The zero-order valence-corrected chi connectivity index (χ0v) is 10.5. The average Bonchev–Trinajstić information content (AvgIpc) is 2.30. The van der Waals surface area contributed by atoms with Crippen molar-refractivity contribution in [2.45, 2.75) is 20.4 Å². The van der Waals surface area contributed by atoms with E-state index in [4.69, 9.17) is 9.84 Å². The Bertz CT molecular complexity index is 371. The molecular formula is C13H19NO3. The smallest absolute Gasteiger partial charge is 0.312 e. The third-order valence-corrected chi connectivity index (χ3v) is 2.57. The Hall–Kier alpha value is -1.55. The molecule has 2 N–H and O–H groups in total. The first-order valence-electron chi connectivity index (χ1n) is 5.53. The van der Waals surface area contributed by atoms with Crippen molar-refractivity contribution >= 4 is 5.97 Å².